The molecule has 4 nitrogen and oxygen atoms in total. The first kappa shape index (κ1) is 25.6. The van der Waals surface area contributed by atoms with Gasteiger partial charge in [0.25, 0.3) is 0 Å². The van der Waals surface area contributed by atoms with Crippen molar-refractivity contribution in [1.82, 2.24) is 0 Å². The van der Waals surface area contributed by atoms with E-state index in [1.807, 2.05) is 0 Å². The van der Waals surface area contributed by atoms with E-state index in [0.717, 1.165) is 12.1 Å². The van der Waals surface area contributed by atoms with Crippen LogP contribution < -0.4 is 4.74 Å². The van der Waals surface area contributed by atoms with Gasteiger partial charge < -0.3 is 9.47 Å². The van der Waals surface area contributed by atoms with Gasteiger partial charge in [-0.25, -0.2) is 4.79 Å². The Morgan fingerprint density at radius 3 is 1.94 bits per heavy atom. The summed E-state index contributed by atoms with van der Waals surface area (Å²) >= 11 is 5.75. The smallest absolute Gasteiger partial charge is 0.458 e. The molecule has 10 heteroatoms. The van der Waals surface area contributed by atoms with Crippen molar-refractivity contribution in [2.45, 2.75) is 51.5 Å². The van der Waals surface area contributed by atoms with Gasteiger partial charge in [-0.05, 0) is 70.2 Å². The Bertz CT molecular complexity index is 998. The lowest BCUT2D eigenvalue weighted by atomic mass is 9.97. The molecule has 0 heterocycles. The molecule has 0 aromatic heterocycles. The first-order chi connectivity index (χ1) is 14.6. The monoisotopic (exact) mass is 478 g/mol. The van der Waals surface area contributed by atoms with Crippen LogP contribution in [0.4, 0.5) is 22.0 Å². The molecule has 0 unspecified atom stereocenters. The van der Waals surface area contributed by atoms with Gasteiger partial charge in [0.05, 0.1) is 11.7 Å². The van der Waals surface area contributed by atoms with Crippen molar-refractivity contribution in [2.75, 3.05) is 0 Å². The molecule has 0 spiro atoms. The average molecular weight is 479 g/mol. The minimum absolute atomic E-state index is 0.0326. The predicted octanol–water partition coefficient (Wildman–Crippen LogP) is 6.33. The van der Waals surface area contributed by atoms with E-state index in [-0.39, 0.29) is 5.56 Å². The van der Waals surface area contributed by atoms with Crippen LogP contribution in [0.15, 0.2) is 42.5 Å². The van der Waals surface area contributed by atoms with Crippen molar-refractivity contribution >= 4 is 23.4 Å². The van der Waals surface area contributed by atoms with E-state index >= 15 is 0 Å². The van der Waals surface area contributed by atoms with Crippen LogP contribution in [0.3, 0.4) is 0 Å². The maximum absolute atomic E-state index is 14.4. The molecule has 2 aromatic carbocycles. The summed E-state index contributed by atoms with van der Waals surface area (Å²) in [4.78, 5) is 24.8. The minimum Gasteiger partial charge on any atom is -0.476 e. The highest BCUT2D eigenvalue weighted by Crippen LogP contribution is 2.48. The molecule has 0 aliphatic carbocycles. The molecule has 2 aromatic rings. The van der Waals surface area contributed by atoms with Crippen molar-refractivity contribution in [2.24, 2.45) is 0 Å². The number of ketones is 1. The molecule has 0 amide bonds. The molecule has 0 saturated carbocycles. The van der Waals surface area contributed by atoms with E-state index in [0.29, 0.717) is 11.1 Å². The van der Waals surface area contributed by atoms with Crippen LogP contribution in [-0.4, -0.2) is 29.6 Å². The highest BCUT2D eigenvalue weighted by Gasteiger charge is 2.60. The molecule has 2 rings (SSSR count). The van der Waals surface area contributed by atoms with E-state index in [9.17, 15) is 31.5 Å². The standard InChI is InChI=1S/C22H20ClF5O4/c1-12(2)31-19(30)20(3,4)32-17-10-7-14(11-16(17)21(24,25)22(26,27)28)18(29)13-5-8-15(23)9-6-13/h5-12H,1-4H3. The van der Waals surface area contributed by atoms with Gasteiger partial charge in [0, 0.05) is 16.1 Å². The molecule has 0 bridgehead atoms. The third kappa shape index (κ3) is 5.56. The van der Waals surface area contributed by atoms with E-state index < -0.39 is 52.4 Å². The Labute approximate surface area is 186 Å². The van der Waals surface area contributed by atoms with Gasteiger partial charge >= 0.3 is 18.1 Å². The summed E-state index contributed by atoms with van der Waals surface area (Å²) in [5.41, 5.74) is -3.89. The maximum atomic E-state index is 14.4. The Hall–Kier alpha value is -2.68. The Balaban J connectivity index is 2.56. The first-order valence-electron chi connectivity index (χ1n) is 9.35. The lowest BCUT2D eigenvalue weighted by molar-refractivity contribution is -0.290. The largest absolute Gasteiger partial charge is 0.476 e. The second-order valence-corrected chi connectivity index (χ2v) is 8.12. The molecule has 174 valence electrons. The Morgan fingerprint density at radius 2 is 1.44 bits per heavy atom. The molecule has 0 atom stereocenters. The van der Waals surface area contributed by atoms with Crippen molar-refractivity contribution < 1.29 is 41.0 Å². The van der Waals surface area contributed by atoms with Gasteiger partial charge in [-0.15, -0.1) is 0 Å². The fourth-order valence-electron chi connectivity index (χ4n) is 2.60. The molecular formula is C22H20ClF5O4. The summed E-state index contributed by atoms with van der Waals surface area (Å²) in [6.07, 6.45) is -6.55. The highest BCUT2D eigenvalue weighted by atomic mass is 35.5. The van der Waals surface area contributed by atoms with Crippen molar-refractivity contribution in [3.05, 3.63) is 64.2 Å². The van der Waals surface area contributed by atoms with Crippen LogP contribution in [0, 0.1) is 0 Å². The summed E-state index contributed by atoms with van der Waals surface area (Å²) in [6.45, 7) is 5.41. The fraction of sp³-hybridized carbons (Fsp3) is 0.364. The van der Waals surface area contributed by atoms with Gasteiger partial charge in [0.1, 0.15) is 5.75 Å². The zero-order valence-electron chi connectivity index (χ0n) is 17.5. The van der Waals surface area contributed by atoms with Gasteiger partial charge in [0.15, 0.2) is 11.4 Å². The number of carbonyl (C=O) groups is 2. The van der Waals surface area contributed by atoms with E-state index in [1.165, 1.54) is 52.0 Å². The molecule has 0 aliphatic heterocycles. The van der Waals surface area contributed by atoms with Crippen LogP contribution in [-0.2, 0) is 15.5 Å². The van der Waals surface area contributed by atoms with Crippen LogP contribution in [0.25, 0.3) is 0 Å². The van der Waals surface area contributed by atoms with Crippen LogP contribution in [0.1, 0.15) is 49.2 Å². The van der Waals surface area contributed by atoms with Gasteiger partial charge in [-0.2, -0.15) is 22.0 Å². The molecule has 0 fully saturated rings. The summed E-state index contributed by atoms with van der Waals surface area (Å²) in [5, 5.41) is 0.310. The number of rotatable bonds is 7. The van der Waals surface area contributed by atoms with Crippen LogP contribution in [0.5, 0.6) is 5.75 Å². The fourth-order valence-corrected chi connectivity index (χ4v) is 2.72. The van der Waals surface area contributed by atoms with Crippen molar-refractivity contribution in [3.63, 3.8) is 0 Å². The summed E-state index contributed by atoms with van der Waals surface area (Å²) in [5.74, 6) is -8.04. The lowest BCUT2D eigenvalue weighted by Crippen LogP contribution is -2.42. The summed E-state index contributed by atoms with van der Waals surface area (Å²) in [7, 11) is 0. The Morgan fingerprint density at radius 1 is 0.906 bits per heavy atom. The number of ether oxygens (including phenoxy) is 2. The second kappa shape index (κ2) is 9.05. The minimum atomic E-state index is -5.98. The van der Waals surface area contributed by atoms with Gasteiger partial charge in [-0.3, -0.25) is 4.79 Å². The molecular weight excluding hydrogens is 459 g/mol. The quantitative estimate of drug-likeness (QED) is 0.265. The van der Waals surface area contributed by atoms with E-state index in [1.54, 1.807) is 0 Å². The number of benzene rings is 2. The molecule has 0 saturated heterocycles. The number of halogens is 6. The number of hydrogen-bond acceptors (Lipinski definition) is 4. The maximum Gasteiger partial charge on any atom is 0.458 e. The zero-order valence-corrected chi connectivity index (χ0v) is 18.3. The number of esters is 1. The van der Waals surface area contributed by atoms with E-state index in [4.69, 9.17) is 21.1 Å². The summed E-state index contributed by atoms with van der Waals surface area (Å²) < 4.78 is 78.4. The molecule has 0 N–H and O–H groups in total. The number of carbonyl (C=O) groups excluding carboxylic acids is 2. The van der Waals surface area contributed by atoms with Crippen LogP contribution >= 0.6 is 11.6 Å². The Kier molecular flexibility index (Phi) is 7.24. The molecule has 0 aliphatic rings. The second-order valence-electron chi connectivity index (χ2n) is 7.69. The topological polar surface area (TPSA) is 52.6 Å². The van der Waals surface area contributed by atoms with Gasteiger partial charge in [-0.1, -0.05) is 11.6 Å². The first-order valence-corrected chi connectivity index (χ1v) is 9.73. The van der Waals surface area contributed by atoms with Crippen molar-refractivity contribution in [3.8, 4) is 5.75 Å². The van der Waals surface area contributed by atoms with Crippen LogP contribution in [0.2, 0.25) is 5.02 Å². The zero-order chi connectivity index (χ0) is 24.5. The van der Waals surface area contributed by atoms with E-state index in [2.05, 4.69) is 0 Å². The third-order valence-corrected chi connectivity index (χ3v) is 4.49. The summed E-state index contributed by atoms with van der Waals surface area (Å²) in [6, 6.07) is 7.60. The third-order valence-electron chi connectivity index (χ3n) is 4.24. The van der Waals surface area contributed by atoms with Gasteiger partial charge in [0.2, 0.25) is 0 Å². The normalized spacial score (nSPS) is 12.6. The number of hydrogen-bond donors (Lipinski definition) is 0. The SMILES string of the molecule is CC(C)OC(=O)C(C)(C)Oc1ccc(C(=O)c2ccc(Cl)cc2)cc1C(F)(F)C(F)(F)F. The van der Waals surface area contributed by atoms with Crippen molar-refractivity contribution in [1.29, 1.82) is 0 Å². The molecule has 32 heavy (non-hydrogen) atoms. The molecule has 0 radical (unpaired) electrons. The average Bonchev–Trinajstić information content (AvgIpc) is 2.66. The predicted molar refractivity (Wildman–Crippen MR) is 107 cm³/mol. The highest BCUT2D eigenvalue weighted by molar-refractivity contribution is 6.30. The lowest BCUT2D eigenvalue weighted by Gasteiger charge is -2.29. The number of alkyl halides is 5.